The maximum absolute atomic E-state index is 8.98. The largest absolute Gasteiger partial charge is 0.441 e. The minimum Gasteiger partial charge on any atom is -0.441 e. The summed E-state index contributed by atoms with van der Waals surface area (Å²) in [5.74, 6) is 0. The summed E-state index contributed by atoms with van der Waals surface area (Å²) in [6.07, 6.45) is 1.30. The molecule has 0 bridgehead atoms. The molecule has 0 amide bonds. The van der Waals surface area contributed by atoms with Crippen molar-refractivity contribution in [3.05, 3.63) is 12.7 Å². The second-order valence-electron chi connectivity index (χ2n) is 1.74. The molecule has 0 aliphatic heterocycles. The van der Waals surface area contributed by atoms with Crippen LogP contribution in [-0.4, -0.2) is 30.0 Å². The number of rotatable bonds is 3. The summed E-state index contributed by atoms with van der Waals surface area (Å²) >= 11 is 0. The normalized spacial score (nSPS) is 15.4. The van der Waals surface area contributed by atoms with Crippen LogP contribution >= 0.6 is 0 Å². The first-order valence-electron chi connectivity index (χ1n) is 2.48. The number of hydrogen-bond donors (Lipinski definition) is 3. The Morgan fingerprint density at radius 1 is 1.78 bits per heavy atom. The van der Waals surface area contributed by atoms with Crippen LogP contribution in [0, 0.1) is 0 Å². The molecule has 0 aromatic rings. The molecule has 0 radical (unpaired) electrons. The third-order valence-corrected chi connectivity index (χ3v) is 5.03. The molecule has 1 unspecified atom stereocenters. The van der Waals surface area contributed by atoms with Crippen LogP contribution in [0.15, 0.2) is 12.7 Å². The summed E-state index contributed by atoms with van der Waals surface area (Å²) in [5, 5.41) is 19.7. The highest BCUT2D eigenvalue weighted by Gasteiger charge is 2.31. The Labute approximate surface area is 58.3 Å². The van der Waals surface area contributed by atoms with Gasteiger partial charge >= 0.3 is 8.64 Å². The first-order valence-corrected chi connectivity index (χ1v) is 5.43. The van der Waals surface area contributed by atoms with E-state index in [1.807, 2.05) is 0 Å². The highest BCUT2D eigenvalue weighted by Crippen LogP contribution is 1.93. The Kier molecular flexibility index (Phi) is 3.25. The maximum atomic E-state index is 8.98. The molecule has 0 fully saturated rings. The fourth-order valence-electron chi connectivity index (χ4n) is 0.305. The molecule has 0 aliphatic carbocycles. The van der Waals surface area contributed by atoms with Gasteiger partial charge < -0.3 is 20.0 Å². The zero-order valence-corrected chi connectivity index (χ0v) is 8.37. The van der Waals surface area contributed by atoms with E-state index in [9.17, 15) is 0 Å². The van der Waals surface area contributed by atoms with E-state index < -0.39 is 14.4 Å². The van der Waals surface area contributed by atoms with Gasteiger partial charge in [-0.2, -0.15) is 0 Å². The zero-order chi connectivity index (χ0) is 7.49. The van der Waals surface area contributed by atoms with Crippen molar-refractivity contribution in [2.75, 3.05) is 0 Å². The maximum Gasteiger partial charge on any atom is 0.369 e. The molecular weight excluding hydrogens is 152 g/mol. The van der Waals surface area contributed by atoms with E-state index in [1.54, 1.807) is 0 Å². The van der Waals surface area contributed by atoms with E-state index in [0.717, 1.165) is 0 Å². The first-order chi connectivity index (χ1) is 4.04. The van der Waals surface area contributed by atoms with Crippen molar-refractivity contribution < 1.29 is 9.22 Å². The summed E-state index contributed by atoms with van der Waals surface area (Å²) in [5.41, 5.74) is -0.866. The lowest BCUT2D eigenvalue weighted by Gasteiger charge is -2.21. The van der Waals surface area contributed by atoms with Gasteiger partial charge in [-0.25, -0.2) is 0 Å². The molecule has 5 N–H and O–H groups in total. The van der Waals surface area contributed by atoms with Gasteiger partial charge in [0.05, 0.1) is 0 Å². The second kappa shape index (κ2) is 3.25. The Morgan fingerprint density at radius 3 is 2.33 bits per heavy atom. The van der Waals surface area contributed by atoms with Crippen molar-refractivity contribution in [3.63, 3.8) is 0 Å². The molecule has 0 aromatic heterocycles. The average molecular weight is 164 g/mol. The highest BCUT2D eigenvalue weighted by molar-refractivity contribution is 6.71. The molecule has 0 heterocycles. The van der Waals surface area contributed by atoms with Gasteiger partial charge in [-0.3, -0.25) is 0 Å². The fourth-order valence-corrected chi connectivity index (χ4v) is 1.64. The van der Waals surface area contributed by atoms with Crippen LogP contribution in [0.25, 0.3) is 0 Å². The van der Waals surface area contributed by atoms with Crippen molar-refractivity contribution in [1.29, 1.82) is 0 Å². The summed E-state index contributed by atoms with van der Waals surface area (Å²) in [4.78, 5) is 0. The number of hydrogen-bond acceptors (Lipinski definition) is 4. The van der Waals surface area contributed by atoms with Crippen molar-refractivity contribution in [2.45, 2.75) is 5.73 Å². The van der Waals surface area contributed by atoms with E-state index in [2.05, 4.69) is 6.58 Å². The van der Waals surface area contributed by atoms with Crippen molar-refractivity contribution in [2.24, 2.45) is 10.8 Å². The third kappa shape index (κ3) is 2.39. The molecular formula is C3H12N2O2Si2. The number of aliphatic hydroxyl groups is 1. The smallest absolute Gasteiger partial charge is 0.369 e. The molecule has 0 saturated carbocycles. The SMILES string of the molecule is C=CC(O)[Si](N)(N)O[SiH3]. The number of aliphatic hydroxyl groups excluding tert-OH is 1. The van der Waals surface area contributed by atoms with Gasteiger partial charge in [0.2, 0.25) is 0 Å². The lowest BCUT2D eigenvalue weighted by molar-refractivity contribution is 0.267. The Bertz CT molecular complexity index is 108. The second-order valence-corrected chi connectivity index (χ2v) is 5.67. The van der Waals surface area contributed by atoms with E-state index in [-0.39, 0.29) is 0 Å². The van der Waals surface area contributed by atoms with Crippen LogP contribution in [-0.2, 0) is 4.12 Å². The van der Waals surface area contributed by atoms with E-state index in [1.165, 1.54) is 6.08 Å². The molecule has 0 aliphatic rings. The summed E-state index contributed by atoms with van der Waals surface area (Å²) in [6.45, 7) is 3.33. The zero-order valence-electron chi connectivity index (χ0n) is 5.37. The standard InChI is InChI=1S/C3H12N2O2Si2/c1-2-3(6)9(4,5)7-8/h2-3,6H,1,4-5H2,8H3. The van der Waals surface area contributed by atoms with Gasteiger partial charge in [-0.15, -0.1) is 6.58 Å². The lowest BCUT2D eigenvalue weighted by atomic mass is 10.7. The lowest BCUT2D eigenvalue weighted by Crippen LogP contribution is -2.66. The van der Waals surface area contributed by atoms with Gasteiger partial charge in [0.25, 0.3) is 0 Å². The van der Waals surface area contributed by atoms with Gasteiger partial charge in [0.15, 0.2) is 0 Å². The quantitative estimate of drug-likeness (QED) is 0.311. The molecule has 0 rings (SSSR count). The first kappa shape index (κ1) is 9.01. The molecule has 4 nitrogen and oxygen atoms in total. The predicted octanol–water partition coefficient (Wildman–Crippen LogP) is -2.77. The van der Waals surface area contributed by atoms with Crippen molar-refractivity contribution in [3.8, 4) is 0 Å². The van der Waals surface area contributed by atoms with Crippen LogP contribution in [0.2, 0.25) is 0 Å². The third-order valence-electron chi connectivity index (χ3n) is 1.04. The molecule has 54 valence electrons. The van der Waals surface area contributed by atoms with Gasteiger partial charge in [-0.05, 0) is 0 Å². The van der Waals surface area contributed by atoms with Gasteiger partial charge in [0, 0.05) is 0 Å². The molecule has 0 saturated heterocycles. The molecule has 6 heteroatoms. The Balaban J connectivity index is 3.95. The summed E-state index contributed by atoms with van der Waals surface area (Å²) in [6, 6.07) is 0. The van der Waals surface area contributed by atoms with E-state index in [0.29, 0.717) is 10.5 Å². The van der Waals surface area contributed by atoms with E-state index in [4.69, 9.17) is 20.0 Å². The average Bonchev–Trinajstić information content (AvgIpc) is 1.86. The molecule has 0 spiro atoms. The topological polar surface area (TPSA) is 81.5 Å². The highest BCUT2D eigenvalue weighted by atomic mass is 28.4. The Hall–Kier alpha value is 0.0138. The minimum atomic E-state index is -2.78. The van der Waals surface area contributed by atoms with Crippen molar-refractivity contribution >= 4 is 19.1 Å². The monoisotopic (exact) mass is 164 g/mol. The predicted molar refractivity (Wildman–Crippen MR) is 41.4 cm³/mol. The molecule has 0 aromatic carbocycles. The van der Waals surface area contributed by atoms with Crippen LogP contribution in [0.4, 0.5) is 0 Å². The van der Waals surface area contributed by atoms with Crippen molar-refractivity contribution in [1.82, 2.24) is 0 Å². The summed E-state index contributed by atoms with van der Waals surface area (Å²) in [7, 11) is -2.33. The Morgan fingerprint density at radius 2 is 2.22 bits per heavy atom. The molecule has 1 atom stereocenters. The minimum absolute atomic E-state index is 0.454. The summed E-state index contributed by atoms with van der Waals surface area (Å²) < 4.78 is 4.80. The van der Waals surface area contributed by atoms with E-state index >= 15 is 0 Å². The van der Waals surface area contributed by atoms with Crippen LogP contribution in [0.5, 0.6) is 0 Å². The van der Waals surface area contributed by atoms with Gasteiger partial charge in [-0.1, -0.05) is 6.08 Å². The van der Waals surface area contributed by atoms with Crippen LogP contribution in [0.1, 0.15) is 0 Å². The molecule has 9 heavy (non-hydrogen) atoms. The number of nitrogens with two attached hydrogens (primary N) is 2. The van der Waals surface area contributed by atoms with Crippen LogP contribution < -0.4 is 10.8 Å². The van der Waals surface area contributed by atoms with Gasteiger partial charge in [0.1, 0.15) is 16.2 Å². The van der Waals surface area contributed by atoms with Crippen LogP contribution in [0.3, 0.4) is 0 Å². The fraction of sp³-hybridized carbons (Fsp3) is 0.333.